The zero-order chi connectivity index (χ0) is 14.5. The summed E-state index contributed by atoms with van der Waals surface area (Å²) in [6.45, 7) is 2.72. The fourth-order valence-corrected chi connectivity index (χ4v) is 2.36. The van der Waals surface area contributed by atoms with Crippen LogP contribution in [0.25, 0.3) is 0 Å². The Bertz CT molecular complexity index is 602. The average molecular weight is 335 g/mol. The summed E-state index contributed by atoms with van der Waals surface area (Å²) in [7, 11) is 0. The maximum Gasteiger partial charge on any atom is 0.335 e. The first-order valence-corrected chi connectivity index (χ1v) is 7.02. The molecule has 1 unspecified atom stereocenters. The van der Waals surface area contributed by atoms with Crippen LogP contribution in [0.15, 0.2) is 47.2 Å². The van der Waals surface area contributed by atoms with Crippen LogP contribution in [-0.2, 0) is 6.54 Å². The van der Waals surface area contributed by atoms with E-state index in [9.17, 15) is 4.79 Å². The van der Waals surface area contributed by atoms with Crippen molar-refractivity contribution >= 4 is 21.9 Å². The molecule has 1 atom stereocenters. The molecule has 0 aliphatic heterocycles. The Morgan fingerprint density at radius 1 is 1.45 bits per heavy atom. The number of benzene rings is 1. The Balaban J connectivity index is 2.02. The van der Waals surface area contributed by atoms with Gasteiger partial charge in [-0.25, -0.2) is 4.79 Å². The van der Waals surface area contributed by atoms with Gasteiger partial charge in [-0.15, -0.1) is 0 Å². The van der Waals surface area contributed by atoms with Crippen LogP contribution in [0.3, 0.4) is 0 Å². The number of halogens is 1. The number of carboxylic acids is 1. The van der Waals surface area contributed by atoms with Crippen LogP contribution >= 0.6 is 15.9 Å². The quantitative estimate of drug-likeness (QED) is 0.879. The fraction of sp³-hybridized carbons (Fsp3) is 0.200. The number of carbonyl (C=O) groups is 1. The van der Waals surface area contributed by atoms with Gasteiger partial charge in [0.1, 0.15) is 0 Å². The summed E-state index contributed by atoms with van der Waals surface area (Å²) >= 11 is 3.41. The second-order valence-corrected chi connectivity index (χ2v) is 5.35. The summed E-state index contributed by atoms with van der Waals surface area (Å²) in [5.41, 5.74) is 2.41. The Kier molecular flexibility index (Phi) is 4.87. The molecule has 0 radical (unpaired) electrons. The molecule has 0 amide bonds. The van der Waals surface area contributed by atoms with E-state index in [4.69, 9.17) is 5.11 Å². The molecule has 2 N–H and O–H groups in total. The van der Waals surface area contributed by atoms with Gasteiger partial charge in [0.25, 0.3) is 0 Å². The lowest BCUT2D eigenvalue weighted by Crippen LogP contribution is -2.18. The van der Waals surface area contributed by atoms with Crippen LogP contribution in [0, 0.1) is 0 Å². The highest BCUT2D eigenvalue weighted by atomic mass is 79.9. The van der Waals surface area contributed by atoms with Crippen molar-refractivity contribution in [2.75, 3.05) is 0 Å². The summed E-state index contributed by atoms with van der Waals surface area (Å²) in [6, 6.07) is 9.15. The lowest BCUT2D eigenvalue weighted by atomic mass is 10.1. The molecule has 0 saturated carbocycles. The molecule has 2 rings (SSSR count). The van der Waals surface area contributed by atoms with Gasteiger partial charge in [-0.3, -0.25) is 4.98 Å². The number of hydrogen-bond donors (Lipinski definition) is 2. The van der Waals surface area contributed by atoms with Crippen LogP contribution in [-0.4, -0.2) is 16.1 Å². The van der Waals surface area contributed by atoms with Crippen molar-refractivity contribution in [3.05, 3.63) is 63.9 Å². The Morgan fingerprint density at radius 3 is 2.85 bits per heavy atom. The van der Waals surface area contributed by atoms with Crippen molar-refractivity contribution in [2.24, 2.45) is 0 Å². The summed E-state index contributed by atoms with van der Waals surface area (Å²) in [4.78, 5) is 15.0. The smallest absolute Gasteiger partial charge is 0.335 e. The van der Waals surface area contributed by atoms with E-state index < -0.39 is 5.97 Å². The molecule has 1 aromatic heterocycles. The second-order valence-electron chi connectivity index (χ2n) is 4.50. The third kappa shape index (κ3) is 3.65. The van der Waals surface area contributed by atoms with Gasteiger partial charge in [0.05, 0.1) is 5.56 Å². The second kappa shape index (κ2) is 6.63. The molecule has 0 aliphatic carbocycles. The largest absolute Gasteiger partial charge is 0.478 e. The summed E-state index contributed by atoms with van der Waals surface area (Å²) in [5, 5.41) is 12.3. The number of carboxylic acid groups (broad SMARTS) is 1. The SMILES string of the molecule is CC(NCc1ccc(C(=O)O)cc1Br)c1cccnc1. The van der Waals surface area contributed by atoms with Crippen molar-refractivity contribution in [2.45, 2.75) is 19.5 Å². The van der Waals surface area contributed by atoms with Gasteiger partial charge in [0.2, 0.25) is 0 Å². The van der Waals surface area contributed by atoms with E-state index in [1.807, 2.05) is 24.4 Å². The van der Waals surface area contributed by atoms with Crippen molar-refractivity contribution < 1.29 is 9.90 Å². The van der Waals surface area contributed by atoms with Crippen LogP contribution in [0.5, 0.6) is 0 Å². The average Bonchev–Trinajstić information content (AvgIpc) is 2.46. The molecule has 0 saturated heterocycles. The minimum absolute atomic E-state index is 0.176. The first-order valence-electron chi connectivity index (χ1n) is 6.23. The zero-order valence-corrected chi connectivity index (χ0v) is 12.6. The Hall–Kier alpha value is -1.72. The Labute approximate surface area is 126 Å². The van der Waals surface area contributed by atoms with Gasteiger partial charge in [0, 0.05) is 29.5 Å². The van der Waals surface area contributed by atoms with Crippen molar-refractivity contribution in [1.82, 2.24) is 10.3 Å². The monoisotopic (exact) mass is 334 g/mol. The molecule has 1 heterocycles. The molecule has 0 aliphatic rings. The first-order chi connectivity index (χ1) is 9.58. The van der Waals surface area contributed by atoms with E-state index in [1.54, 1.807) is 18.3 Å². The third-order valence-electron chi connectivity index (χ3n) is 3.08. The van der Waals surface area contributed by atoms with Gasteiger partial charge in [-0.05, 0) is 36.2 Å². The lowest BCUT2D eigenvalue weighted by molar-refractivity contribution is 0.0697. The topological polar surface area (TPSA) is 62.2 Å². The molecule has 4 nitrogen and oxygen atoms in total. The number of aromatic nitrogens is 1. The van der Waals surface area contributed by atoms with Gasteiger partial charge in [0.15, 0.2) is 0 Å². The maximum atomic E-state index is 10.9. The highest BCUT2D eigenvalue weighted by Gasteiger charge is 2.09. The van der Waals surface area contributed by atoms with E-state index in [0.717, 1.165) is 15.6 Å². The van der Waals surface area contributed by atoms with Crippen molar-refractivity contribution in [1.29, 1.82) is 0 Å². The number of pyridine rings is 1. The molecule has 20 heavy (non-hydrogen) atoms. The van der Waals surface area contributed by atoms with Gasteiger partial charge >= 0.3 is 5.97 Å². The zero-order valence-electron chi connectivity index (χ0n) is 11.0. The molecule has 5 heteroatoms. The van der Waals surface area contributed by atoms with Crippen LogP contribution in [0.4, 0.5) is 0 Å². The van der Waals surface area contributed by atoms with E-state index in [0.29, 0.717) is 6.54 Å². The number of nitrogens with zero attached hydrogens (tertiary/aromatic N) is 1. The summed E-state index contributed by atoms with van der Waals surface area (Å²) in [5.74, 6) is -0.922. The molecule has 104 valence electrons. The Morgan fingerprint density at radius 2 is 2.25 bits per heavy atom. The lowest BCUT2D eigenvalue weighted by Gasteiger charge is -2.14. The number of aromatic carboxylic acids is 1. The van der Waals surface area contributed by atoms with Crippen molar-refractivity contribution in [3.63, 3.8) is 0 Å². The molecular formula is C15H15BrN2O2. The van der Waals surface area contributed by atoms with Gasteiger partial charge in [-0.2, -0.15) is 0 Å². The molecule has 0 spiro atoms. The minimum Gasteiger partial charge on any atom is -0.478 e. The fourth-order valence-electron chi connectivity index (χ4n) is 1.84. The standard InChI is InChI=1S/C15H15BrN2O2/c1-10(12-3-2-6-17-8-12)18-9-13-5-4-11(15(19)20)7-14(13)16/h2-8,10,18H,9H2,1H3,(H,19,20). The van der Waals surface area contributed by atoms with Crippen molar-refractivity contribution in [3.8, 4) is 0 Å². The number of rotatable bonds is 5. The number of nitrogens with one attached hydrogen (secondary N) is 1. The normalized spacial score (nSPS) is 12.1. The molecule has 2 aromatic rings. The van der Waals surface area contributed by atoms with Gasteiger partial charge < -0.3 is 10.4 Å². The van der Waals surface area contributed by atoms with Gasteiger partial charge in [-0.1, -0.05) is 28.1 Å². The maximum absolute atomic E-state index is 10.9. The highest BCUT2D eigenvalue weighted by molar-refractivity contribution is 9.10. The highest BCUT2D eigenvalue weighted by Crippen LogP contribution is 2.20. The molecular weight excluding hydrogens is 320 g/mol. The number of hydrogen-bond acceptors (Lipinski definition) is 3. The summed E-state index contributed by atoms with van der Waals surface area (Å²) < 4.78 is 0.795. The van der Waals surface area contributed by atoms with Crippen LogP contribution in [0.1, 0.15) is 34.5 Å². The van der Waals surface area contributed by atoms with E-state index >= 15 is 0 Å². The first kappa shape index (κ1) is 14.7. The predicted octanol–water partition coefficient (Wildman–Crippen LogP) is 3.39. The minimum atomic E-state index is -0.922. The third-order valence-corrected chi connectivity index (χ3v) is 3.82. The van der Waals surface area contributed by atoms with E-state index in [-0.39, 0.29) is 11.6 Å². The predicted molar refractivity (Wildman–Crippen MR) is 80.6 cm³/mol. The van der Waals surface area contributed by atoms with Crippen LogP contribution in [0.2, 0.25) is 0 Å². The van der Waals surface area contributed by atoms with Crippen LogP contribution < -0.4 is 5.32 Å². The molecule has 0 fully saturated rings. The summed E-state index contributed by atoms with van der Waals surface area (Å²) in [6.07, 6.45) is 3.58. The van der Waals surface area contributed by atoms with E-state index in [1.165, 1.54) is 0 Å². The van der Waals surface area contributed by atoms with E-state index in [2.05, 4.69) is 33.2 Å². The molecule has 1 aromatic carbocycles. The molecule has 0 bridgehead atoms.